The van der Waals surface area contributed by atoms with E-state index in [1.807, 2.05) is 0 Å². The molecule has 0 unspecified atom stereocenters. The Morgan fingerprint density at radius 1 is 0.667 bits per heavy atom. The summed E-state index contributed by atoms with van der Waals surface area (Å²) in [5.74, 6) is -7.14. The number of benzene rings is 2. The first-order chi connectivity index (χ1) is 15.2. The Morgan fingerprint density at radius 3 is 1.54 bits per heavy atom. The van der Waals surface area contributed by atoms with Gasteiger partial charge in [0.15, 0.2) is 0 Å². The second-order valence-corrected chi connectivity index (χ2v) is 14.2. The van der Waals surface area contributed by atoms with E-state index in [4.69, 9.17) is 9.05 Å². The van der Waals surface area contributed by atoms with Gasteiger partial charge in [-0.15, -0.1) is 0 Å². The molecule has 0 saturated heterocycles. The van der Waals surface area contributed by atoms with E-state index in [0.29, 0.717) is 6.07 Å². The summed E-state index contributed by atoms with van der Waals surface area (Å²) in [7, 11) is -22.3. The molecule has 2 aromatic rings. The van der Waals surface area contributed by atoms with Gasteiger partial charge in [0.2, 0.25) is 0 Å². The predicted octanol–water partition coefficient (Wildman–Crippen LogP) is -18.1. The molecule has 1 aliphatic heterocycles. The molecule has 1 N–H and O–H groups in total. The molecule has 27 heteroatoms. The summed E-state index contributed by atoms with van der Waals surface area (Å²) in [6.07, 6.45) is 0. The first-order valence-electron chi connectivity index (χ1n) is 7.64. The van der Waals surface area contributed by atoms with Crippen molar-refractivity contribution in [1.29, 1.82) is 0 Å². The zero-order valence-corrected chi connectivity index (χ0v) is 36.1. The summed E-state index contributed by atoms with van der Waals surface area (Å²) in [5.41, 5.74) is 0. The maximum atomic E-state index is 12.3. The number of hydrogen-bond donors (Lipinski definition) is 1. The van der Waals surface area contributed by atoms with Crippen LogP contribution in [0.25, 0.3) is 0 Å². The molecule has 17 nitrogen and oxygen atoms in total. The summed E-state index contributed by atoms with van der Waals surface area (Å²) >= 11 is -4.66. The average molecular weight is 785 g/mol. The fourth-order valence-electron chi connectivity index (χ4n) is 2.37. The Morgan fingerprint density at radius 2 is 1.13 bits per heavy atom. The molecular weight excluding hydrogens is 781 g/mol. The summed E-state index contributed by atoms with van der Waals surface area (Å²) < 4.78 is 150. The molecule has 0 bridgehead atoms. The van der Waals surface area contributed by atoms with Gasteiger partial charge in [0.05, 0.1) is 0 Å². The fraction of sp³-hybridized carbons (Fsp3) is 0. The van der Waals surface area contributed by atoms with Gasteiger partial charge in [-0.2, -0.15) is 0 Å². The molecule has 2 aromatic carbocycles. The Hall–Kier alpha value is 2.90. The van der Waals surface area contributed by atoms with Gasteiger partial charge in [-0.05, 0) is 0 Å². The smallest absolute Gasteiger partial charge is 1.00 e. The van der Waals surface area contributed by atoms with Crippen molar-refractivity contribution in [3.8, 4) is 28.7 Å². The van der Waals surface area contributed by atoms with Crippen LogP contribution < -0.4 is 162 Å². The average Bonchev–Trinajstić information content (AvgIpc) is 3.02. The van der Waals surface area contributed by atoms with Crippen LogP contribution in [0.15, 0.2) is 37.8 Å². The number of phenolic OH excluding ortho intramolecular Hbond substituents is 1. The zero-order valence-electron chi connectivity index (χ0n) is 20.3. The largest absolute Gasteiger partial charge is 1.00 e. The van der Waals surface area contributed by atoms with Crippen LogP contribution in [-0.2, 0) is 40.5 Å². The molecule has 0 fully saturated rings. The normalized spacial score (nSPS) is 12.9. The van der Waals surface area contributed by atoms with Gasteiger partial charge in [-0.1, -0.05) is 0 Å². The molecule has 0 aromatic heterocycles. The van der Waals surface area contributed by atoms with Crippen LogP contribution in [-0.4, -0.2) is 78.5 Å². The van der Waals surface area contributed by atoms with Gasteiger partial charge in [0, 0.05) is 0 Å². The van der Waals surface area contributed by atoms with Crippen molar-refractivity contribution in [1.82, 2.24) is 0 Å². The van der Waals surface area contributed by atoms with E-state index in [9.17, 15) is 62.1 Å². The summed E-state index contributed by atoms with van der Waals surface area (Å²) in [6.45, 7) is 0. The van der Waals surface area contributed by atoms with E-state index < -0.39 is 110 Å². The molecule has 0 saturated carbocycles. The molecule has 0 radical (unpaired) electrons. The minimum atomic E-state index is -5.73. The van der Waals surface area contributed by atoms with Crippen LogP contribution >= 0.6 is 0 Å². The molecule has 188 valence electrons. The zero-order chi connectivity index (χ0) is 26.0. The molecular formula is C12H4Na5O17S4Sb. The van der Waals surface area contributed by atoms with E-state index in [0.717, 1.165) is 0 Å². The Labute approximate surface area is 340 Å². The van der Waals surface area contributed by atoms with Crippen LogP contribution in [0.4, 0.5) is 0 Å². The minimum absolute atomic E-state index is 0. The minimum Gasteiger partial charge on any atom is 1.00 e. The third kappa shape index (κ3) is 11.0. The second-order valence-electron chi connectivity index (χ2n) is 5.94. The third-order valence-electron chi connectivity index (χ3n) is 3.74. The van der Waals surface area contributed by atoms with Crippen molar-refractivity contribution in [2.45, 2.75) is 19.6 Å². The number of rotatable bonds is 6. The molecule has 1 heterocycles. The number of phenols is 1. The van der Waals surface area contributed by atoms with Crippen molar-refractivity contribution in [3.63, 3.8) is 0 Å². The maximum absolute atomic E-state index is 12.3. The van der Waals surface area contributed by atoms with E-state index in [2.05, 4.69) is 0 Å². The Bertz CT molecular complexity index is 1610. The first-order valence-corrected chi connectivity index (χ1v) is 16.4. The van der Waals surface area contributed by atoms with Gasteiger partial charge in [-0.25, -0.2) is 0 Å². The fourth-order valence-corrected chi connectivity index (χ4v) is 8.07. The van der Waals surface area contributed by atoms with Gasteiger partial charge < -0.3 is 0 Å². The van der Waals surface area contributed by atoms with Crippen molar-refractivity contribution in [3.05, 3.63) is 18.2 Å². The molecule has 0 aliphatic carbocycles. The quantitative estimate of drug-likeness (QED) is 0.210. The van der Waals surface area contributed by atoms with Crippen LogP contribution in [0, 0.1) is 0 Å². The van der Waals surface area contributed by atoms with Gasteiger partial charge >= 0.3 is 347 Å². The van der Waals surface area contributed by atoms with E-state index in [1.54, 1.807) is 0 Å². The van der Waals surface area contributed by atoms with E-state index in [-0.39, 0.29) is 160 Å². The van der Waals surface area contributed by atoms with Crippen molar-refractivity contribution >= 4 is 61.9 Å². The monoisotopic (exact) mass is 784 g/mol. The van der Waals surface area contributed by atoms with E-state index in [1.165, 1.54) is 0 Å². The Balaban J connectivity index is -0.00000259. The molecule has 3 rings (SSSR count). The van der Waals surface area contributed by atoms with Crippen LogP contribution in [0.2, 0.25) is 0 Å². The third-order valence-corrected chi connectivity index (χ3v) is 9.96. The number of aromatic hydroxyl groups is 1. The van der Waals surface area contributed by atoms with Gasteiger partial charge in [0.1, 0.15) is 0 Å². The van der Waals surface area contributed by atoms with Crippen molar-refractivity contribution in [2.24, 2.45) is 0 Å². The molecule has 0 atom stereocenters. The number of hydrogen-bond acceptors (Lipinski definition) is 17. The van der Waals surface area contributed by atoms with Gasteiger partial charge in [-0.3, -0.25) is 0 Å². The molecule has 1 aliphatic rings. The van der Waals surface area contributed by atoms with Crippen molar-refractivity contribution in [2.75, 3.05) is 0 Å². The van der Waals surface area contributed by atoms with Crippen LogP contribution in [0.3, 0.4) is 0 Å². The standard InChI is InChI=1S/C6H6O9S2.C6H6O8S2.5Na.Sb/c7-4-2(16(10,11)12)1-3(17(13,14)15)5(8)6(4)9;7-4-1-3(15(9,10)11)2-5(6(4)8)16(12,13)14;;;;;;/h1,7-9H,(H,10,11,12)(H,13,14,15);1-2,7-8H,(H,9,10,11)(H,12,13,14);;;;;;/q;;5*+1;+3/p-8. The summed E-state index contributed by atoms with van der Waals surface area (Å²) in [6, 6.07) is 0.351. The van der Waals surface area contributed by atoms with Gasteiger partial charge in [0.25, 0.3) is 0 Å². The molecule has 39 heavy (non-hydrogen) atoms. The number of fused-ring (bicyclic) bond motifs is 1. The maximum Gasteiger partial charge on any atom is 1.00 e. The summed E-state index contributed by atoms with van der Waals surface area (Å²) in [4.78, 5) is -6.23. The van der Waals surface area contributed by atoms with Crippen LogP contribution in [0.1, 0.15) is 0 Å². The summed E-state index contributed by atoms with van der Waals surface area (Å²) in [5, 5.41) is 22.2. The van der Waals surface area contributed by atoms with Crippen molar-refractivity contribution < 1.29 is 219 Å². The predicted molar refractivity (Wildman–Crippen MR) is 93.5 cm³/mol. The van der Waals surface area contributed by atoms with Crippen LogP contribution in [0.5, 0.6) is 28.7 Å². The second kappa shape index (κ2) is 16.5. The SMILES string of the molecule is O=S(=O)([O-])c1cc2c(c(S(=O)(=O)[O-])c1)[O][Sb]([O]c1c([O-])c(S(=O)(=O)[O-])cc(S(=O)(=O)[O-])c1O)[O]2.[Na+].[Na+].[Na+].[Na+].[Na+]. The topological polar surface area (TPSA) is 300 Å². The molecule has 0 spiro atoms. The van der Waals surface area contributed by atoms with E-state index >= 15 is 0 Å². The first kappa shape index (κ1) is 46.3. The Kier molecular flexibility index (Phi) is 19.5. The molecule has 0 amide bonds.